The summed E-state index contributed by atoms with van der Waals surface area (Å²) >= 11 is 0. The van der Waals surface area contributed by atoms with Gasteiger partial charge in [-0.2, -0.15) is 0 Å². The number of piperidine rings is 2. The normalized spacial score (nSPS) is 23.1. The molecule has 3 rings (SSSR count). The van der Waals surface area contributed by atoms with E-state index in [2.05, 4.69) is 14.9 Å². The zero-order valence-electron chi connectivity index (χ0n) is 12.2. The molecular formula is C15H22N4O2. The van der Waals surface area contributed by atoms with Gasteiger partial charge in [0.05, 0.1) is 0 Å². The van der Waals surface area contributed by atoms with Crippen LogP contribution in [0.25, 0.3) is 0 Å². The molecule has 0 aromatic carbocycles. The molecule has 1 aromatic rings. The van der Waals surface area contributed by atoms with Crippen LogP contribution in [-0.2, 0) is 4.79 Å². The Bertz CT molecular complexity index is 502. The lowest BCUT2D eigenvalue weighted by molar-refractivity contribution is -0.139. The summed E-state index contributed by atoms with van der Waals surface area (Å²) in [5.41, 5.74) is 0. The van der Waals surface area contributed by atoms with Crippen molar-refractivity contribution in [2.24, 2.45) is 0 Å². The second kappa shape index (κ2) is 6.28. The third-order valence-corrected chi connectivity index (χ3v) is 4.40. The molecule has 2 fully saturated rings. The number of nitrogens with zero attached hydrogens (tertiary/aromatic N) is 4. The largest absolute Gasteiger partial charge is 0.480 e. The van der Waals surface area contributed by atoms with Crippen molar-refractivity contribution in [2.75, 3.05) is 29.4 Å². The number of aliphatic carboxylic acids is 1. The van der Waals surface area contributed by atoms with Gasteiger partial charge in [-0.05, 0) is 38.5 Å². The summed E-state index contributed by atoms with van der Waals surface area (Å²) in [5.74, 6) is 0.917. The second-order valence-corrected chi connectivity index (χ2v) is 5.83. The van der Waals surface area contributed by atoms with Crippen LogP contribution in [0.5, 0.6) is 0 Å². The van der Waals surface area contributed by atoms with Crippen molar-refractivity contribution in [3.05, 3.63) is 12.4 Å². The quantitative estimate of drug-likeness (QED) is 0.917. The fourth-order valence-electron chi connectivity index (χ4n) is 3.25. The molecule has 1 aromatic heterocycles. The third-order valence-electron chi connectivity index (χ3n) is 4.40. The fourth-order valence-corrected chi connectivity index (χ4v) is 3.25. The van der Waals surface area contributed by atoms with E-state index in [9.17, 15) is 9.90 Å². The van der Waals surface area contributed by atoms with Crippen LogP contribution in [0.2, 0.25) is 0 Å². The van der Waals surface area contributed by atoms with Crippen LogP contribution in [-0.4, -0.2) is 46.7 Å². The minimum Gasteiger partial charge on any atom is -0.480 e. The smallest absolute Gasteiger partial charge is 0.326 e. The molecule has 21 heavy (non-hydrogen) atoms. The van der Waals surface area contributed by atoms with Crippen LogP contribution in [0.15, 0.2) is 12.4 Å². The Morgan fingerprint density at radius 1 is 1.05 bits per heavy atom. The first-order valence-corrected chi connectivity index (χ1v) is 7.82. The molecule has 1 atom stereocenters. The molecule has 3 heterocycles. The molecule has 2 saturated heterocycles. The first-order valence-electron chi connectivity index (χ1n) is 7.82. The Morgan fingerprint density at radius 2 is 1.76 bits per heavy atom. The van der Waals surface area contributed by atoms with Gasteiger partial charge in [-0.15, -0.1) is 0 Å². The summed E-state index contributed by atoms with van der Waals surface area (Å²) < 4.78 is 0. The molecule has 6 heteroatoms. The molecule has 1 unspecified atom stereocenters. The number of carboxylic acid groups (broad SMARTS) is 1. The van der Waals surface area contributed by atoms with Crippen LogP contribution >= 0.6 is 0 Å². The summed E-state index contributed by atoms with van der Waals surface area (Å²) in [6.45, 7) is 2.81. The van der Waals surface area contributed by atoms with Gasteiger partial charge < -0.3 is 14.9 Å². The lowest BCUT2D eigenvalue weighted by Gasteiger charge is -2.34. The maximum Gasteiger partial charge on any atom is 0.326 e. The molecule has 1 N–H and O–H groups in total. The monoisotopic (exact) mass is 290 g/mol. The zero-order chi connectivity index (χ0) is 14.7. The van der Waals surface area contributed by atoms with Gasteiger partial charge in [0.15, 0.2) is 0 Å². The molecule has 6 nitrogen and oxygen atoms in total. The number of hydrogen-bond acceptors (Lipinski definition) is 5. The molecule has 114 valence electrons. The SMILES string of the molecule is O=C(O)C1CCCCN1c1cc(N2CCCCC2)ncn1. The lowest BCUT2D eigenvalue weighted by Crippen LogP contribution is -2.45. The van der Waals surface area contributed by atoms with Gasteiger partial charge in [0, 0.05) is 25.7 Å². The summed E-state index contributed by atoms with van der Waals surface area (Å²) in [6, 6.07) is 1.50. The molecule has 2 aliphatic rings. The van der Waals surface area contributed by atoms with E-state index in [1.54, 1.807) is 6.33 Å². The third kappa shape index (κ3) is 3.09. The minimum absolute atomic E-state index is 0.456. The Kier molecular flexibility index (Phi) is 4.22. The summed E-state index contributed by atoms with van der Waals surface area (Å²) in [4.78, 5) is 24.3. The van der Waals surface area contributed by atoms with E-state index in [0.29, 0.717) is 6.42 Å². The molecular weight excluding hydrogens is 268 g/mol. The van der Waals surface area contributed by atoms with Crippen molar-refractivity contribution in [2.45, 2.75) is 44.6 Å². The van der Waals surface area contributed by atoms with Crippen molar-refractivity contribution in [1.82, 2.24) is 9.97 Å². The molecule has 0 radical (unpaired) electrons. The van der Waals surface area contributed by atoms with Gasteiger partial charge in [-0.25, -0.2) is 14.8 Å². The van der Waals surface area contributed by atoms with Gasteiger partial charge in [0.1, 0.15) is 24.0 Å². The Morgan fingerprint density at radius 3 is 2.52 bits per heavy atom. The molecule has 0 amide bonds. The van der Waals surface area contributed by atoms with Crippen LogP contribution in [0, 0.1) is 0 Å². The van der Waals surface area contributed by atoms with Gasteiger partial charge in [0.25, 0.3) is 0 Å². The lowest BCUT2D eigenvalue weighted by atomic mass is 10.0. The van der Waals surface area contributed by atoms with Crippen molar-refractivity contribution in [3.8, 4) is 0 Å². The molecule has 0 spiro atoms. The molecule has 2 aliphatic heterocycles. The van der Waals surface area contributed by atoms with Crippen LogP contribution in [0.4, 0.5) is 11.6 Å². The fraction of sp³-hybridized carbons (Fsp3) is 0.667. The van der Waals surface area contributed by atoms with Gasteiger partial charge in [-0.3, -0.25) is 0 Å². The van der Waals surface area contributed by atoms with Crippen molar-refractivity contribution in [1.29, 1.82) is 0 Å². The summed E-state index contributed by atoms with van der Waals surface area (Å²) in [7, 11) is 0. The average Bonchev–Trinajstić information content (AvgIpc) is 2.56. The number of carboxylic acids is 1. The maximum absolute atomic E-state index is 11.4. The van der Waals surface area contributed by atoms with Gasteiger partial charge in [0.2, 0.25) is 0 Å². The highest BCUT2D eigenvalue weighted by Gasteiger charge is 2.29. The number of anilines is 2. The molecule has 0 aliphatic carbocycles. The van der Waals surface area contributed by atoms with Gasteiger partial charge >= 0.3 is 5.97 Å². The van der Waals surface area contributed by atoms with E-state index in [4.69, 9.17) is 0 Å². The van der Waals surface area contributed by atoms with E-state index >= 15 is 0 Å². The minimum atomic E-state index is -0.757. The predicted octanol–water partition coefficient (Wildman–Crippen LogP) is 1.91. The zero-order valence-corrected chi connectivity index (χ0v) is 12.2. The first-order chi connectivity index (χ1) is 10.3. The van der Waals surface area contributed by atoms with Crippen LogP contribution in [0.1, 0.15) is 38.5 Å². The maximum atomic E-state index is 11.4. The predicted molar refractivity (Wildman–Crippen MR) is 80.7 cm³/mol. The second-order valence-electron chi connectivity index (χ2n) is 5.83. The topological polar surface area (TPSA) is 69.6 Å². The highest BCUT2D eigenvalue weighted by molar-refractivity contribution is 5.78. The molecule has 0 saturated carbocycles. The number of aromatic nitrogens is 2. The van der Waals surface area contributed by atoms with Crippen LogP contribution < -0.4 is 9.80 Å². The number of rotatable bonds is 3. The van der Waals surface area contributed by atoms with Crippen LogP contribution in [0.3, 0.4) is 0 Å². The summed E-state index contributed by atoms with van der Waals surface area (Å²) in [6.07, 6.45) is 7.92. The average molecular weight is 290 g/mol. The standard InChI is InChI=1S/C15H22N4O2/c20-15(21)12-6-2-5-9-19(12)14-10-13(16-11-17-14)18-7-3-1-4-8-18/h10-12H,1-9H2,(H,20,21). The number of carbonyl (C=O) groups is 1. The first kappa shape index (κ1) is 14.1. The van der Waals surface area contributed by atoms with E-state index in [0.717, 1.165) is 44.1 Å². The Labute approximate surface area is 124 Å². The highest BCUT2D eigenvalue weighted by atomic mass is 16.4. The van der Waals surface area contributed by atoms with Crippen molar-refractivity contribution < 1.29 is 9.90 Å². The van der Waals surface area contributed by atoms with E-state index in [1.807, 2.05) is 11.0 Å². The molecule has 0 bridgehead atoms. The van der Waals surface area contributed by atoms with E-state index < -0.39 is 12.0 Å². The Balaban J connectivity index is 1.82. The van der Waals surface area contributed by atoms with E-state index in [-0.39, 0.29) is 0 Å². The number of hydrogen-bond donors (Lipinski definition) is 1. The van der Waals surface area contributed by atoms with Crippen molar-refractivity contribution in [3.63, 3.8) is 0 Å². The van der Waals surface area contributed by atoms with Gasteiger partial charge in [-0.1, -0.05) is 0 Å². The Hall–Kier alpha value is -1.85. The van der Waals surface area contributed by atoms with Crippen molar-refractivity contribution >= 4 is 17.6 Å². The highest BCUT2D eigenvalue weighted by Crippen LogP contribution is 2.26. The summed E-state index contributed by atoms with van der Waals surface area (Å²) in [5, 5.41) is 9.39. The van der Waals surface area contributed by atoms with E-state index in [1.165, 1.54) is 19.3 Å².